The molecule has 1 rings (SSSR count). The minimum absolute atomic E-state index is 0.0108. The van der Waals surface area contributed by atoms with Crippen LogP contribution in [0.4, 0.5) is 0 Å². The molecule has 1 aromatic rings. The highest BCUT2D eigenvalue weighted by Gasteiger charge is 2.02. The van der Waals surface area contributed by atoms with E-state index < -0.39 is 0 Å². The fourth-order valence-corrected chi connectivity index (χ4v) is 1.56. The summed E-state index contributed by atoms with van der Waals surface area (Å²) in [6, 6.07) is 3.61. The van der Waals surface area contributed by atoms with E-state index >= 15 is 0 Å². The van der Waals surface area contributed by atoms with Crippen LogP contribution in [0.1, 0.15) is 30.5 Å². The number of primary amides is 1. The highest BCUT2D eigenvalue weighted by atomic mass is 16.4. The summed E-state index contributed by atoms with van der Waals surface area (Å²) in [5.41, 5.74) is 11.9. The average Bonchev–Trinajstić information content (AvgIpc) is 2.41. The summed E-state index contributed by atoms with van der Waals surface area (Å²) < 4.78 is 0. The van der Waals surface area contributed by atoms with Crippen molar-refractivity contribution in [3.63, 3.8) is 0 Å². The van der Waals surface area contributed by atoms with Gasteiger partial charge in [0.25, 0.3) is 0 Å². The van der Waals surface area contributed by atoms with E-state index in [2.05, 4.69) is 15.5 Å². The quantitative estimate of drug-likeness (QED) is 0.172. The molecule has 1 aromatic heterocycles. The third-order valence-corrected chi connectivity index (χ3v) is 2.55. The van der Waals surface area contributed by atoms with Gasteiger partial charge in [-0.05, 0) is 37.1 Å². The SMILES string of the molecule is NC(=O)CCCCNCc1ccnc(/C(N)=N/O)c1. The Morgan fingerprint density at radius 2 is 2.21 bits per heavy atom. The number of amides is 1. The van der Waals surface area contributed by atoms with Gasteiger partial charge < -0.3 is 22.0 Å². The number of hydrogen-bond donors (Lipinski definition) is 4. The Morgan fingerprint density at radius 3 is 2.89 bits per heavy atom. The number of unbranched alkanes of at least 4 members (excludes halogenated alkanes) is 1. The number of oxime groups is 1. The number of nitrogens with two attached hydrogens (primary N) is 2. The van der Waals surface area contributed by atoms with E-state index in [1.165, 1.54) is 0 Å². The predicted octanol–water partition coefficient (Wildman–Crippen LogP) is -0.0787. The molecule has 0 saturated carbocycles. The predicted molar refractivity (Wildman–Crippen MR) is 71.5 cm³/mol. The third-order valence-electron chi connectivity index (χ3n) is 2.55. The van der Waals surface area contributed by atoms with E-state index in [1.54, 1.807) is 12.3 Å². The Bertz CT molecular complexity index is 448. The molecule has 1 heterocycles. The Morgan fingerprint density at radius 1 is 1.42 bits per heavy atom. The summed E-state index contributed by atoms with van der Waals surface area (Å²) in [5, 5.41) is 14.7. The molecule has 0 radical (unpaired) electrons. The highest BCUT2D eigenvalue weighted by Crippen LogP contribution is 2.02. The minimum atomic E-state index is -0.266. The maximum Gasteiger partial charge on any atom is 0.217 e. The van der Waals surface area contributed by atoms with Crippen molar-refractivity contribution in [3.8, 4) is 0 Å². The van der Waals surface area contributed by atoms with Gasteiger partial charge in [0.2, 0.25) is 5.91 Å². The summed E-state index contributed by atoms with van der Waals surface area (Å²) in [6.07, 6.45) is 3.71. The third kappa shape index (κ3) is 5.82. The van der Waals surface area contributed by atoms with Gasteiger partial charge in [0.1, 0.15) is 5.69 Å². The van der Waals surface area contributed by atoms with Gasteiger partial charge in [-0.3, -0.25) is 9.78 Å². The first-order valence-electron chi connectivity index (χ1n) is 6.05. The van der Waals surface area contributed by atoms with Crippen molar-refractivity contribution in [1.82, 2.24) is 10.3 Å². The number of nitrogens with zero attached hydrogens (tertiary/aromatic N) is 2. The number of nitrogens with one attached hydrogen (secondary N) is 1. The fraction of sp³-hybridized carbons (Fsp3) is 0.417. The second-order valence-corrected chi connectivity index (χ2v) is 4.13. The summed E-state index contributed by atoms with van der Waals surface area (Å²) >= 11 is 0. The van der Waals surface area contributed by atoms with Crippen LogP contribution in [0, 0.1) is 0 Å². The molecule has 7 nitrogen and oxygen atoms in total. The standard InChI is InChI=1S/C12H19N5O2/c13-11(18)3-1-2-5-15-8-9-4-6-16-10(7-9)12(14)17-19/h4,6-7,15,19H,1-3,5,8H2,(H2,13,18)(H2,14,17). The van der Waals surface area contributed by atoms with E-state index in [4.69, 9.17) is 16.7 Å². The molecule has 0 bridgehead atoms. The van der Waals surface area contributed by atoms with E-state index in [-0.39, 0.29) is 11.7 Å². The van der Waals surface area contributed by atoms with Crippen LogP contribution < -0.4 is 16.8 Å². The van der Waals surface area contributed by atoms with Gasteiger partial charge in [0.05, 0.1) is 0 Å². The smallest absolute Gasteiger partial charge is 0.217 e. The lowest BCUT2D eigenvalue weighted by Crippen LogP contribution is -2.18. The van der Waals surface area contributed by atoms with Crippen molar-refractivity contribution >= 4 is 11.7 Å². The summed E-state index contributed by atoms with van der Waals surface area (Å²) in [6.45, 7) is 1.46. The summed E-state index contributed by atoms with van der Waals surface area (Å²) in [4.78, 5) is 14.5. The zero-order valence-corrected chi connectivity index (χ0v) is 10.7. The molecular weight excluding hydrogens is 246 g/mol. The van der Waals surface area contributed by atoms with Gasteiger partial charge in [-0.25, -0.2) is 0 Å². The molecule has 0 aliphatic rings. The van der Waals surface area contributed by atoms with Crippen LogP contribution in [0.2, 0.25) is 0 Å². The average molecular weight is 265 g/mol. The number of carbonyl (C=O) groups is 1. The van der Waals surface area contributed by atoms with E-state index in [0.717, 1.165) is 24.9 Å². The Labute approximate surface area is 111 Å². The number of aromatic nitrogens is 1. The van der Waals surface area contributed by atoms with Crippen molar-refractivity contribution in [3.05, 3.63) is 29.6 Å². The number of hydrogen-bond acceptors (Lipinski definition) is 5. The first-order valence-corrected chi connectivity index (χ1v) is 6.05. The van der Waals surface area contributed by atoms with Gasteiger partial charge in [0.15, 0.2) is 5.84 Å². The molecule has 6 N–H and O–H groups in total. The summed E-state index contributed by atoms with van der Waals surface area (Å²) in [5.74, 6) is -0.277. The zero-order chi connectivity index (χ0) is 14.1. The van der Waals surface area contributed by atoms with Gasteiger partial charge in [0, 0.05) is 19.2 Å². The van der Waals surface area contributed by atoms with E-state index in [9.17, 15) is 4.79 Å². The molecule has 104 valence electrons. The maximum atomic E-state index is 10.5. The van der Waals surface area contributed by atoms with Crippen molar-refractivity contribution in [2.75, 3.05) is 6.54 Å². The van der Waals surface area contributed by atoms with Crippen molar-refractivity contribution in [2.24, 2.45) is 16.6 Å². The molecule has 0 saturated heterocycles. The molecule has 0 aliphatic carbocycles. The second-order valence-electron chi connectivity index (χ2n) is 4.13. The number of carbonyl (C=O) groups excluding carboxylic acids is 1. The first-order chi connectivity index (χ1) is 9.13. The summed E-state index contributed by atoms with van der Waals surface area (Å²) in [7, 11) is 0. The van der Waals surface area contributed by atoms with Crippen LogP contribution in [0.5, 0.6) is 0 Å². The molecule has 0 aromatic carbocycles. The fourth-order valence-electron chi connectivity index (χ4n) is 1.56. The highest BCUT2D eigenvalue weighted by molar-refractivity contribution is 5.95. The molecule has 0 unspecified atom stereocenters. The van der Waals surface area contributed by atoms with Crippen molar-refractivity contribution in [2.45, 2.75) is 25.8 Å². The monoisotopic (exact) mass is 265 g/mol. The molecule has 0 aliphatic heterocycles. The lowest BCUT2D eigenvalue weighted by molar-refractivity contribution is -0.118. The normalized spacial score (nSPS) is 11.5. The second kappa shape index (κ2) is 8.04. The molecule has 7 heteroatoms. The number of rotatable bonds is 8. The lowest BCUT2D eigenvalue weighted by atomic mass is 10.2. The Kier molecular flexibility index (Phi) is 6.31. The molecule has 19 heavy (non-hydrogen) atoms. The zero-order valence-electron chi connectivity index (χ0n) is 10.7. The molecule has 0 spiro atoms. The molecule has 1 amide bonds. The molecule has 0 fully saturated rings. The number of pyridine rings is 1. The van der Waals surface area contributed by atoms with E-state index in [1.807, 2.05) is 6.07 Å². The van der Waals surface area contributed by atoms with Crippen molar-refractivity contribution in [1.29, 1.82) is 0 Å². The first kappa shape index (κ1) is 14.9. The minimum Gasteiger partial charge on any atom is -0.409 e. The van der Waals surface area contributed by atoms with E-state index in [0.29, 0.717) is 18.7 Å². The van der Waals surface area contributed by atoms with Crippen LogP contribution >= 0.6 is 0 Å². The molecular formula is C12H19N5O2. The Hall–Kier alpha value is -2.15. The van der Waals surface area contributed by atoms with Gasteiger partial charge >= 0.3 is 0 Å². The van der Waals surface area contributed by atoms with Gasteiger partial charge in [-0.2, -0.15) is 0 Å². The Balaban J connectivity index is 2.31. The topological polar surface area (TPSA) is 127 Å². The van der Waals surface area contributed by atoms with Gasteiger partial charge in [-0.1, -0.05) is 5.16 Å². The molecule has 0 atom stereocenters. The van der Waals surface area contributed by atoms with Crippen LogP contribution in [-0.4, -0.2) is 28.5 Å². The van der Waals surface area contributed by atoms with Crippen LogP contribution in [-0.2, 0) is 11.3 Å². The lowest BCUT2D eigenvalue weighted by Gasteiger charge is -2.05. The van der Waals surface area contributed by atoms with Gasteiger partial charge in [-0.15, -0.1) is 0 Å². The number of amidine groups is 1. The van der Waals surface area contributed by atoms with Crippen LogP contribution in [0.3, 0.4) is 0 Å². The van der Waals surface area contributed by atoms with Crippen LogP contribution in [0.25, 0.3) is 0 Å². The maximum absolute atomic E-state index is 10.5. The van der Waals surface area contributed by atoms with Crippen LogP contribution in [0.15, 0.2) is 23.5 Å². The van der Waals surface area contributed by atoms with Crippen molar-refractivity contribution < 1.29 is 10.0 Å². The largest absolute Gasteiger partial charge is 0.409 e.